The van der Waals surface area contributed by atoms with Crippen LogP contribution in [0.3, 0.4) is 0 Å². The van der Waals surface area contributed by atoms with Crippen molar-refractivity contribution >= 4 is 5.91 Å². The smallest absolute Gasteiger partial charge is 0.236 e. The van der Waals surface area contributed by atoms with Crippen LogP contribution >= 0.6 is 0 Å². The molecule has 1 aromatic rings. The van der Waals surface area contributed by atoms with Gasteiger partial charge in [0.1, 0.15) is 0 Å². The maximum atomic E-state index is 12.4. The van der Waals surface area contributed by atoms with Gasteiger partial charge in [0.05, 0.1) is 6.54 Å². The van der Waals surface area contributed by atoms with Crippen molar-refractivity contribution in [3.8, 4) is 0 Å². The van der Waals surface area contributed by atoms with Crippen LogP contribution in [0.2, 0.25) is 0 Å². The van der Waals surface area contributed by atoms with Crippen molar-refractivity contribution in [2.75, 3.05) is 26.2 Å². The van der Waals surface area contributed by atoms with E-state index in [0.717, 1.165) is 38.4 Å². The fourth-order valence-corrected chi connectivity index (χ4v) is 3.35. The molecule has 0 aromatic heterocycles. The topological polar surface area (TPSA) is 32.3 Å². The Kier molecular flexibility index (Phi) is 4.29. The lowest BCUT2D eigenvalue weighted by atomic mass is 9.76. The van der Waals surface area contributed by atoms with Gasteiger partial charge < -0.3 is 10.2 Å². The van der Waals surface area contributed by atoms with Crippen LogP contribution < -0.4 is 5.32 Å². The molecule has 2 aliphatic rings. The van der Waals surface area contributed by atoms with Gasteiger partial charge in [0.25, 0.3) is 0 Å². The second kappa shape index (κ2) is 6.18. The highest BCUT2D eigenvalue weighted by Crippen LogP contribution is 2.33. The molecule has 0 spiro atoms. The molecule has 1 aliphatic heterocycles. The summed E-state index contributed by atoms with van der Waals surface area (Å²) in [4.78, 5) is 14.4. The Morgan fingerprint density at radius 3 is 2.81 bits per heavy atom. The molecule has 1 unspecified atom stereocenters. The van der Waals surface area contributed by atoms with E-state index in [9.17, 15) is 4.79 Å². The molecule has 1 aliphatic carbocycles. The van der Waals surface area contributed by atoms with Crippen LogP contribution in [-0.4, -0.2) is 37.0 Å². The van der Waals surface area contributed by atoms with Crippen LogP contribution in [0.25, 0.3) is 0 Å². The first-order valence-corrected chi connectivity index (χ1v) is 8.21. The maximum absolute atomic E-state index is 12.4. The lowest BCUT2D eigenvalue weighted by molar-refractivity contribution is -0.132. The second-order valence-electron chi connectivity index (χ2n) is 6.92. The van der Waals surface area contributed by atoms with Crippen LogP contribution in [-0.2, 0) is 10.2 Å². The average Bonchev–Trinajstić information content (AvgIpc) is 3.32. The molecule has 3 heteroatoms. The summed E-state index contributed by atoms with van der Waals surface area (Å²) < 4.78 is 0. The molecule has 21 heavy (non-hydrogen) atoms. The van der Waals surface area contributed by atoms with E-state index in [0.29, 0.717) is 6.54 Å². The first-order chi connectivity index (χ1) is 10.2. The Hall–Kier alpha value is -1.35. The minimum Gasteiger partial charge on any atom is -0.341 e. The van der Waals surface area contributed by atoms with Crippen LogP contribution in [0.5, 0.6) is 0 Å². The third-order valence-corrected chi connectivity index (χ3v) is 4.93. The zero-order valence-corrected chi connectivity index (χ0v) is 13.0. The Morgan fingerprint density at radius 2 is 2.10 bits per heavy atom. The highest BCUT2D eigenvalue weighted by Gasteiger charge is 2.34. The Balaban J connectivity index is 1.58. The monoisotopic (exact) mass is 286 g/mol. The molecule has 1 aromatic carbocycles. The fourth-order valence-electron chi connectivity index (χ4n) is 3.35. The SMILES string of the molecule is CC1(c2ccccc2)CCCN(C(=O)CNCC2CC2)C1. The normalized spacial score (nSPS) is 25.9. The molecular formula is C18H26N2O. The molecule has 114 valence electrons. The standard InChI is InChI=1S/C18H26N2O/c1-18(16-6-3-2-4-7-16)10-5-11-20(14-18)17(21)13-19-12-15-8-9-15/h2-4,6-7,15,19H,5,8-14H2,1H3. The molecule has 3 nitrogen and oxygen atoms in total. The molecule has 1 atom stereocenters. The summed E-state index contributed by atoms with van der Waals surface area (Å²) in [6.45, 7) is 5.56. The molecule has 1 N–H and O–H groups in total. The van der Waals surface area contributed by atoms with E-state index in [1.807, 2.05) is 0 Å². The third-order valence-electron chi connectivity index (χ3n) is 4.93. The van der Waals surface area contributed by atoms with Gasteiger partial charge in [-0.25, -0.2) is 0 Å². The van der Waals surface area contributed by atoms with E-state index < -0.39 is 0 Å². The minimum atomic E-state index is 0.103. The zero-order valence-electron chi connectivity index (χ0n) is 13.0. The largest absolute Gasteiger partial charge is 0.341 e. The number of rotatable bonds is 5. The lowest BCUT2D eigenvalue weighted by Gasteiger charge is -2.41. The first-order valence-electron chi connectivity index (χ1n) is 8.21. The van der Waals surface area contributed by atoms with Gasteiger partial charge in [-0.15, -0.1) is 0 Å². The molecule has 0 bridgehead atoms. The van der Waals surface area contributed by atoms with E-state index in [1.165, 1.54) is 18.4 Å². The molecular weight excluding hydrogens is 260 g/mol. The quantitative estimate of drug-likeness (QED) is 0.902. The molecule has 0 radical (unpaired) electrons. The fraction of sp³-hybridized carbons (Fsp3) is 0.611. The van der Waals surface area contributed by atoms with E-state index in [1.54, 1.807) is 0 Å². The molecule has 1 saturated heterocycles. The molecule has 3 rings (SSSR count). The van der Waals surface area contributed by atoms with E-state index in [4.69, 9.17) is 0 Å². The summed E-state index contributed by atoms with van der Waals surface area (Å²) in [5.74, 6) is 1.09. The molecule has 1 heterocycles. The number of nitrogens with one attached hydrogen (secondary N) is 1. The van der Waals surface area contributed by atoms with Crippen molar-refractivity contribution in [2.24, 2.45) is 5.92 Å². The number of hydrogen-bond donors (Lipinski definition) is 1. The molecule has 2 fully saturated rings. The summed E-state index contributed by atoms with van der Waals surface area (Å²) in [6.07, 6.45) is 4.92. The highest BCUT2D eigenvalue weighted by molar-refractivity contribution is 5.78. The Labute approximate surface area is 127 Å². The zero-order chi connectivity index (χ0) is 14.7. The summed E-state index contributed by atoms with van der Waals surface area (Å²) in [5, 5.41) is 3.32. The second-order valence-corrected chi connectivity index (χ2v) is 6.92. The number of hydrogen-bond acceptors (Lipinski definition) is 2. The maximum Gasteiger partial charge on any atom is 0.236 e. The first kappa shape index (κ1) is 14.6. The van der Waals surface area contributed by atoms with E-state index >= 15 is 0 Å². The van der Waals surface area contributed by atoms with Crippen molar-refractivity contribution < 1.29 is 4.79 Å². The summed E-state index contributed by atoms with van der Waals surface area (Å²) in [6, 6.07) is 10.6. The van der Waals surface area contributed by atoms with Gasteiger partial charge in [0, 0.05) is 18.5 Å². The number of benzene rings is 1. The number of likely N-dealkylation sites (tertiary alicyclic amines) is 1. The molecule has 1 amide bonds. The van der Waals surface area contributed by atoms with Crippen molar-refractivity contribution in [3.63, 3.8) is 0 Å². The van der Waals surface area contributed by atoms with Crippen molar-refractivity contribution in [1.29, 1.82) is 0 Å². The highest BCUT2D eigenvalue weighted by atomic mass is 16.2. The number of piperidine rings is 1. The van der Waals surface area contributed by atoms with Gasteiger partial charge in [0.15, 0.2) is 0 Å². The Bertz CT molecular complexity index is 483. The van der Waals surface area contributed by atoms with Crippen molar-refractivity contribution in [3.05, 3.63) is 35.9 Å². The lowest BCUT2D eigenvalue weighted by Crippen LogP contribution is -2.49. The van der Waals surface area contributed by atoms with Crippen LogP contribution in [0.15, 0.2) is 30.3 Å². The Morgan fingerprint density at radius 1 is 1.33 bits per heavy atom. The predicted molar refractivity (Wildman–Crippen MR) is 85.2 cm³/mol. The third kappa shape index (κ3) is 3.65. The summed E-state index contributed by atoms with van der Waals surface area (Å²) in [5.41, 5.74) is 1.46. The number of carbonyl (C=O) groups excluding carboxylic acids is 1. The van der Waals surface area contributed by atoms with E-state index in [2.05, 4.69) is 47.5 Å². The average molecular weight is 286 g/mol. The van der Waals surface area contributed by atoms with Crippen LogP contribution in [0, 0.1) is 5.92 Å². The van der Waals surface area contributed by atoms with Gasteiger partial charge in [-0.1, -0.05) is 37.3 Å². The van der Waals surface area contributed by atoms with Gasteiger partial charge in [-0.3, -0.25) is 4.79 Å². The summed E-state index contributed by atoms with van der Waals surface area (Å²) in [7, 11) is 0. The van der Waals surface area contributed by atoms with Crippen LogP contribution in [0.4, 0.5) is 0 Å². The van der Waals surface area contributed by atoms with Gasteiger partial charge in [-0.2, -0.15) is 0 Å². The summed E-state index contributed by atoms with van der Waals surface area (Å²) >= 11 is 0. The van der Waals surface area contributed by atoms with Gasteiger partial charge >= 0.3 is 0 Å². The van der Waals surface area contributed by atoms with Gasteiger partial charge in [-0.05, 0) is 43.7 Å². The van der Waals surface area contributed by atoms with Gasteiger partial charge in [0.2, 0.25) is 5.91 Å². The van der Waals surface area contributed by atoms with Crippen molar-refractivity contribution in [1.82, 2.24) is 10.2 Å². The molecule has 1 saturated carbocycles. The number of amides is 1. The predicted octanol–water partition coefficient (Wildman–Crippen LogP) is 2.57. The van der Waals surface area contributed by atoms with Crippen LogP contribution in [0.1, 0.15) is 38.2 Å². The number of carbonyl (C=O) groups is 1. The number of nitrogens with zero attached hydrogens (tertiary/aromatic N) is 1. The minimum absolute atomic E-state index is 0.103. The van der Waals surface area contributed by atoms with Crippen molar-refractivity contribution in [2.45, 2.75) is 38.0 Å². The van der Waals surface area contributed by atoms with E-state index in [-0.39, 0.29) is 11.3 Å².